The highest BCUT2D eigenvalue weighted by Crippen LogP contribution is 2.43. The maximum absolute atomic E-state index is 12.9. The number of para-hydroxylation sites is 1. The molecule has 0 radical (unpaired) electrons. The number of Topliss-reactive ketones (excluding diaryl/α,β-unsaturated/α-hetero) is 1. The Kier molecular flexibility index (Phi) is 12.8. The number of carbonyl (C=O) groups is 1. The second-order valence-corrected chi connectivity index (χ2v) is 14.6. The average molecular weight is 849 g/mol. The van der Waals surface area contributed by atoms with Crippen molar-refractivity contribution in [3.8, 4) is 45.8 Å². The molecule has 5 aromatic rings. The zero-order valence-corrected chi connectivity index (χ0v) is 32.5. The van der Waals surface area contributed by atoms with E-state index in [1.165, 1.54) is 32.2 Å². The van der Waals surface area contributed by atoms with E-state index >= 15 is 0 Å². The van der Waals surface area contributed by atoms with E-state index < -0.39 is 91.1 Å². The number of rotatable bonds is 8. The third-order valence-electron chi connectivity index (χ3n) is 10.5. The van der Waals surface area contributed by atoms with Crippen molar-refractivity contribution in [3.05, 3.63) is 106 Å². The first kappa shape index (κ1) is 43.3. The third-order valence-corrected chi connectivity index (χ3v) is 10.5. The van der Waals surface area contributed by atoms with Gasteiger partial charge in [0.15, 0.2) is 29.3 Å². The van der Waals surface area contributed by atoms with Gasteiger partial charge in [-0.3, -0.25) is 9.59 Å². The number of carbonyl (C=O) groups excluding carboxylic acids is 1. The number of hydrogen-bond donors (Lipinski definition) is 9. The predicted octanol–water partition coefficient (Wildman–Crippen LogP) is 2.01. The number of aliphatic hydroxyl groups is 6. The van der Waals surface area contributed by atoms with Crippen molar-refractivity contribution < 1.29 is 83.6 Å². The van der Waals surface area contributed by atoms with E-state index in [0.29, 0.717) is 22.1 Å². The molecule has 0 unspecified atom stereocenters. The van der Waals surface area contributed by atoms with Crippen LogP contribution < -0.4 is 19.6 Å². The molecule has 61 heavy (non-hydrogen) atoms. The van der Waals surface area contributed by atoms with Gasteiger partial charge in [-0.1, -0.05) is 48.5 Å². The van der Waals surface area contributed by atoms with Gasteiger partial charge < -0.3 is 78.8 Å². The maximum atomic E-state index is 12.9. The van der Waals surface area contributed by atoms with Crippen LogP contribution in [0.3, 0.4) is 0 Å². The van der Waals surface area contributed by atoms with E-state index in [9.17, 15) is 55.5 Å². The van der Waals surface area contributed by atoms with Crippen LogP contribution in [0.1, 0.15) is 35.4 Å². The molecule has 4 heterocycles. The molecule has 2 fully saturated rings. The fourth-order valence-electron chi connectivity index (χ4n) is 7.12. The molecule has 18 nitrogen and oxygen atoms in total. The molecule has 3 aliphatic heterocycles. The maximum Gasteiger partial charge on any atom is 0.235 e. The minimum atomic E-state index is -1.77. The summed E-state index contributed by atoms with van der Waals surface area (Å²) in [4.78, 5) is 24.9. The number of methoxy groups -OCH3 is 1. The average Bonchev–Trinajstić information content (AvgIpc) is 3.25. The van der Waals surface area contributed by atoms with E-state index in [2.05, 4.69) is 0 Å². The van der Waals surface area contributed by atoms with Crippen LogP contribution in [0.15, 0.2) is 94.1 Å². The Balaban J connectivity index is 0.000000258. The summed E-state index contributed by atoms with van der Waals surface area (Å²) < 4.78 is 38.7. The number of aromatic hydroxyl groups is 3. The van der Waals surface area contributed by atoms with E-state index in [0.717, 1.165) is 6.07 Å². The Labute approximate surface area is 346 Å². The van der Waals surface area contributed by atoms with Crippen molar-refractivity contribution in [1.29, 1.82) is 0 Å². The summed E-state index contributed by atoms with van der Waals surface area (Å²) >= 11 is 0. The second kappa shape index (κ2) is 18.0. The first-order chi connectivity index (χ1) is 29.2. The van der Waals surface area contributed by atoms with Gasteiger partial charge in [-0.2, -0.15) is 0 Å². The number of benzene rings is 4. The van der Waals surface area contributed by atoms with Crippen LogP contribution in [0.2, 0.25) is 0 Å². The molecular weight excluding hydrogens is 804 g/mol. The molecule has 1 aromatic heterocycles. The highest BCUT2D eigenvalue weighted by atomic mass is 16.7. The van der Waals surface area contributed by atoms with E-state index in [4.69, 9.17) is 32.8 Å². The second-order valence-electron chi connectivity index (χ2n) is 14.6. The first-order valence-electron chi connectivity index (χ1n) is 19.1. The monoisotopic (exact) mass is 848 g/mol. The van der Waals surface area contributed by atoms with Gasteiger partial charge in [-0.05, 0) is 36.8 Å². The summed E-state index contributed by atoms with van der Waals surface area (Å²) in [5, 5.41) is 92.6. The minimum Gasteiger partial charge on any atom is -0.507 e. The van der Waals surface area contributed by atoms with Crippen molar-refractivity contribution in [3.63, 3.8) is 0 Å². The summed E-state index contributed by atoms with van der Waals surface area (Å²) in [7, 11) is 1.39. The number of ether oxygens (including phenoxy) is 6. The van der Waals surface area contributed by atoms with Crippen molar-refractivity contribution in [2.45, 2.75) is 80.9 Å². The van der Waals surface area contributed by atoms with Gasteiger partial charge in [0.25, 0.3) is 0 Å². The van der Waals surface area contributed by atoms with Gasteiger partial charge in [-0.25, -0.2) is 0 Å². The van der Waals surface area contributed by atoms with Crippen LogP contribution in [-0.2, 0) is 14.2 Å². The SMILES string of the molecule is COc1ccc([C@@H]2CC(=O)c3c(O)cc(O[C@@H]4O[C@H](CO[C@@H]5O[C@@H](C)[C@H](O)[C@@H](O)[C@H]5O)[C@@H](O)[C@H](O)[C@H]4O)cc3O2)cc1O.O=c1c(O)c(-c2ccccc2)oc2ccccc12. The standard InChI is InChI=1S/C28H34O15.C15H10O3/c1-10-21(32)23(34)25(36)27(40-10)39-9-19-22(33)24(35)26(37)28(43-19)41-12-6-14(30)20-15(31)8-17(42-18(20)7-12)11-3-4-16(38-2)13(29)5-11;16-13-11-8-4-5-9-12(11)18-15(14(13)17)10-6-2-1-3-7-10/h3-7,10,17,19,21-30,32-37H,8-9H2,1-2H3;1-9,17H/t10-,17-,19+,21-,22+,23+,24-,25+,26+,27+,28+;/m0./s1. The normalized spacial score (nSPS) is 28.5. The fourth-order valence-corrected chi connectivity index (χ4v) is 7.12. The lowest BCUT2D eigenvalue weighted by Gasteiger charge is -2.42. The summed E-state index contributed by atoms with van der Waals surface area (Å²) in [6, 6.07) is 22.8. The number of hydrogen-bond acceptors (Lipinski definition) is 18. The summed E-state index contributed by atoms with van der Waals surface area (Å²) in [6.07, 6.45) is -15.9. The van der Waals surface area contributed by atoms with Crippen LogP contribution in [0.4, 0.5) is 0 Å². The van der Waals surface area contributed by atoms with E-state index in [-0.39, 0.29) is 46.5 Å². The predicted molar refractivity (Wildman–Crippen MR) is 210 cm³/mol. The van der Waals surface area contributed by atoms with Gasteiger partial charge in [-0.15, -0.1) is 0 Å². The van der Waals surface area contributed by atoms with Gasteiger partial charge in [0, 0.05) is 17.7 Å². The topological polar surface area (TPSA) is 285 Å². The highest BCUT2D eigenvalue weighted by Gasteiger charge is 2.47. The number of phenolic OH excluding ortho intramolecular Hbond substituents is 2. The largest absolute Gasteiger partial charge is 0.507 e. The molecule has 18 heteroatoms. The first-order valence-corrected chi connectivity index (χ1v) is 19.1. The molecule has 0 bridgehead atoms. The molecule has 4 aromatic carbocycles. The molecule has 11 atom stereocenters. The Hall–Kier alpha value is -5.80. The fraction of sp³-hybridized carbons (Fsp3) is 0.349. The van der Waals surface area contributed by atoms with Crippen LogP contribution in [0, 0.1) is 0 Å². The van der Waals surface area contributed by atoms with E-state index in [1.807, 2.05) is 18.2 Å². The molecular formula is C43H44O18. The zero-order valence-electron chi connectivity index (χ0n) is 32.5. The Morgan fingerprint density at radius 2 is 1.41 bits per heavy atom. The van der Waals surface area contributed by atoms with Gasteiger partial charge in [0.2, 0.25) is 17.5 Å². The highest BCUT2D eigenvalue weighted by molar-refractivity contribution is 6.02. The van der Waals surface area contributed by atoms with Crippen LogP contribution in [0.5, 0.6) is 34.5 Å². The molecule has 0 saturated carbocycles. The van der Waals surface area contributed by atoms with Crippen molar-refractivity contribution >= 4 is 16.8 Å². The molecule has 324 valence electrons. The molecule has 0 spiro atoms. The van der Waals surface area contributed by atoms with Crippen LogP contribution in [-0.4, -0.2) is 127 Å². The number of aliphatic hydroxyl groups excluding tert-OH is 6. The van der Waals surface area contributed by atoms with Gasteiger partial charge in [0.1, 0.15) is 77.2 Å². The van der Waals surface area contributed by atoms with Crippen molar-refractivity contribution in [2.75, 3.05) is 13.7 Å². The summed E-state index contributed by atoms with van der Waals surface area (Å²) in [5.41, 5.74) is 1.12. The molecule has 2 saturated heterocycles. The Morgan fingerprint density at radius 3 is 2.13 bits per heavy atom. The smallest absolute Gasteiger partial charge is 0.235 e. The molecule has 3 aliphatic rings. The van der Waals surface area contributed by atoms with Gasteiger partial charge in [0.05, 0.1) is 31.6 Å². The molecule has 0 amide bonds. The van der Waals surface area contributed by atoms with Crippen molar-refractivity contribution in [2.24, 2.45) is 0 Å². The summed E-state index contributed by atoms with van der Waals surface area (Å²) in [5.74, 6) is -1.14. The Bertz CT molecular complexity index is 2400. The quantitative estimate of drug-likeness (QED) is 0.108. The lowest BCUT2D eigenvalue weighted by molar-refractivity contribution is -0.318. The lowest BCUT2D eigenvalue weighted by Crippen LogP contribution is -2.61. The minimum absolute atomic E-state index is 0.0457. The Morgan fingerprint density at radius 1 is 0.721 bits per heavy atom. The van der Waals surface area contributed by atoms with Gasteiger partial charge >= 0.3 is 0 Å². The lowest BCUT2D eigenvalue weighted by atomic mass is 9.95. The zero-order chi connectivity index (χ0) is 43.7. The molecule has 8 rings (SSSR count). The number of phenols is 2. The molecule has 0 aliphatic carbocycles. The van der Waals surface area contributed by atoms with Crippen molar-refractivity contribution in [1.82, 2.24) is 0 Å². The van der Waals surface area contributed by atoms with Crippen LogP contribution >= 0.6 is 0 Å². The number of ketones is 1. The molecule has 9 N–H and O–H groups in total. The van der Waals surface area contributed by atoms with Crippen LogP contribution in [0.25, 0.3) is 22.3 Å². The summed E-state index contributed by atoms with van der Waals surface area (Å²) in [6.45, 7) is 0.964. The van der Waals surface area contributed by atoms with E-state index in [1.54, 1.807) is 42.5 Å². The number of fused-ring (bicyclic) bond motifs is 2. The third kappa shape index (κ3) is 8.85.